The van der Waals surface area contributed by atoms with Crippen LogP contribution in [0, 0.1) is 0 Å². The quantitative estimate of drug-likeness (QED) is 0.772. The third kappa shape index (κ3) is 3.53. The van der Waals surface area contributed by atoms with Crippen molar-refractivity contribution >= 4 is 0 Å². The van der Waals surface area contributed by atoms with Gasteiger partial charge in [0.25, 0.3) is 0 Å². The van der Waals surface area contributed by atoms with Crippen molar-refractivity contribution in [2.45, 2.75) is 25.9 Å². The van der Waals surface area contributed by atoms with Crippen molar-refractivity contribution in [3.05, 3.63) is 29.8 Å². The minimum Gasteiger partial charge on any atom is -0.491 e. The molecule has 0 aliphatic carbocycles. The molecule has 1 atom stereocenters. The zero-order valence-corrected chi connectivity index (χ0v) is 9.31. The van der Waals surface area contributed by atoms with E-state index in [2.05, 4.69) is 0 Å². The van der Waals surface area contributed by atoms with Gasteiger partial charge >= 0.3 is 0 Å². The van der Waals surface area contributed by atoms with Gasteiger partial charge in [-0.2, -0.15) is 0 Å². The molecule has 3 N–H and O–H groups in total. The lowest BCUT2D eigenvalue weighted by molar-refractivity contribution is 0.242. The fourth-order valence-corrected chi connectivity index (χ4v) is 1.41. The molecule has 0 fully saturated rings. The average molecular weight is 209 g/mol. The fourth-order valence-electron chi connectivity index (χ4n) is 1.41. The summed E-state index contributed by atoms with van der Waals surface area (Å²) in [7, 11) is 0. The summed E-state index contributed by atoms with van der Waals surface area (Å²) < 4.78 is 5.52. The topological polar surface area (TPSA) is 55.5 Å². The Bertz CT molecular complexity index is 278. The van der Waals surface area contributed by atoms with Crippen LogP contribution in [-0.4, -0.2) is 24.4 Å². The first kappa shape index (κ1) is 12.0. The van der Waals surface area contributed by atoms with Crippen LogP contribution < -0.4 is 10.5 Å². The molecule has 0 amide bonds. The molecule has 0 heterocycles. The molecule has 15 heavy (non-hydrogen) atoms. The van der Waals surface area contributed by atoms with E-state index in [9.17, 15) is 0 Å². The maximum atomic E-state index is 9.08. The number of rotatable bonds is 5. The molecular formula is C12H19NO2. The molecule has 1 aromatic rings. The molecule has 1 unspecified atom stereocenters. The molecule has 0 radical (unpaired) electrons. The summed E-state index contributed by atoms with van der Waals surface area (Å²) in [5.41, 5.74) is 6.59. The van der Waals surface area contributed by atoms with Gasteiger partial charge in [-0.15, -0.1) is 0 Å². The zero-order valence-electron chi connectivity index (χ0n) is 9.31. The van der Waals surface area contributed by atoms with Gasteiger partial charge in [0.15, 0.2) is 0 Å². The Balaban J connectivity index is 2.71. The summed E-state index contributed by atoms with van der Waals surface area (Å²) in [6.07, 6.45) is 0.180. The van der Waals surface area contributed by atoms with Crippen molar-refractivity contribution in [1.29, 1.82) is 0 Å². The zero-order chi connectivity index (χ0) is 11.3. The van der Waals surface area contributed by atoms with Crippen LogP contribution in [0.25, 0.3) is 0 Å². The van der Waals surface area contributed by atoms with Crippen LogP contribution in [0.2, 0.25) is 0 Å². The van der Waals surface area contributed by atoms with Gasteiger partial charge in [-0.3, -0.25) is 0 Å². The summed E-state index contributed by atoms with van der Waals surface area (Å²) >= 11 is 0. The molecule has 0 spiro atoms. The lowest BCUT2D eigenvalue weighted by atomic mass is 10.0. The molecule has 0 bridgehead atoms. The molecule has 0 saturated heterocycles. The maximum absolute atomic E-state index is 9.08. The van der Waals surface area contributed by atoms with Gasteiger partial charge in [0.1, 0.15) is 5.75 Å². The second kappa shape index (κ2) is 5.73. The summed E-state index contributed by atoms with van der Waals surface area (Å²) in [6.45, 7) is 4.52. The molecule has 1 rings (SSSR count). The van der Waals surface area contributed by atoms with Gasteiger partial charge in [-0.05, 0) is 31.5 Å². The SMILES string of the molecule is CC(C)Oc1ccc(C(CN)CO)cc1. The van der Waals surface area contributed by atoms with Gasteiger partial charge in [0.05, 0.1) is 12.7 Å². The highest BCUT2D eigenvalue weighted by Gasteiger charge is 2.08. The summed E-state index contributed by atoms with van der Waals surface area (Å²) in [6, 6.07) is 7.72. The molecule has 1 aromatic carbocycles. The Hall–Kier alpha value is -1.06. The van der Waals surface area contributed by atoms with Crippen LogP contribution in [0.1, 0.15) is 25.3 Å². The van der Waals surface area contributed by atoms with Crippen molar-refractivity contribution in [2.24, 2.45) is 5.73 Å². The number of aliphatic hydroxyl groups is 1. The number of benzene rings is 1. The summed E-state index contributed by atoms with van der Waals surface area (Å²) in [5, 5.41) is 9.08. The van der Waals surface area contributed by atoms with E-state index in [4.69, 9.17) is 15.6 Å². The van der Waals surface area contributed by atoms with Crippen molar-refractivity contribution in [1.82, 2.24) is 0 Å². The van der Waals surface area contributed by atoms with Crippen molar-refractivity contribution in [2.75, 3.05) is 13.2 Å². The first-order chi connectivity index (χ1) is 7.17. The minimum absolute atomic E-state index is 0.0260. The largest absolute Gasteiger partial charge is 0.491 e. The van der Waals surface area contributed by atoms with E-state index >= 15 is 0 Å². The van der Waals surface area contributed by atoms with Gasteiger partial charge < -0.3 is 15.6 Å². The highest BCUT2D eigenvalue weighted by Crippen LogP contribution is 2.19. The smallest absolute Gasteiger partial charge is 0.119 e. The molecule has 84 valence electrons. The van der Waals surface area contributed by atoms with Crippen LogP contribution in [-0.2, 0) is 0 Å². The third-order valence-corrected chi connectivity index (χ3v) is 2.23. The monoisotopic (exact) mass is 209 g/mol. The van der Waals surface area contributed by atoms with E-state index in [1.165, 1.54) is 0 Å². The third-order valence-electron chi connectivity index (χ3n) is 2.23. The maximum Gasteiger partial charge on any atom is 0.119 e. The second-order valence-electron chi connectivity index (χ2n) is 3.85. The number of nitrogens with two attached hydrogens (primary N) is 1. The normalized spacial score (nSPS) is 12.9. The number of hydrogen-bond donors (Lipinski definition) is 2. The Morgan fingerprint density at radius 2 is 1.87 bits per heavy atom. The van der Waals surface area contributed by atoms with Crippen LogP contribution >= 0.6 is 0 Å². The fraction of sp³-hybridized carbons (Fsp3) is 0.500. The van der Waals surface area contributed by atoms with Crippen molar-refractivity contribution in [3.63, 3.8) is 0 Å². The van der Waals surface area contributed by atoms with E-state index in [1.54, 1.807) is 0 Å². The average Bonchev–Trinajstić information content (AvgIpc) is 2.21. The predicted octanol–water partition coefficient (Wildman–Crippen LogP) is 1.51. The van der Waals surface area contributed by atoms with Crippen molar-refractivity contribution in [3.8, 4) is 5.75 Å². The molecule has 0 aromatic heterocycles. The highest BCUT2D eigenvalue weighted by atomic mass is 16.5. The molecule has 0 aliphatic rings. The summed E-state index contributed by atoms with van der Waals surface area (Å²) in [5.74, 6) is 0.876. The number of ether oxygens (including phenoxy) is 1. The van der Waals surface area contributed by atoms with Gasteiger partial charge in [-0.25, -0.2) is 0 Å². The van der Waals surface area contributed by atoms with E-state index in [0.717, 1.165) is 11.3 Å². The second-order valence-corrected chi connectivity index (χ2v) is 3.85. The molecule has 3 heteroatoms. The molecule has 3 nitrogen and oxygen atoms in total. The van der Waals surface area contributed by atoms with E-state index in [-0.39, 0.29) is 18.6 Å². The van der Waals surface area contributed by atoms with Gasteiger partial charge in [0, 0.05) is 12.5 Å². The highest BCUT2D eigenvalue weighted by molar-refractivity contribution is 5.29. The van der Waals surface area contributed by atoms with Gasteiger partial charge in [0.2, 0.25) is 0 Å². The van der Waals surface area contributed by atoms with E-state index < -0.39 is 0 Å². The van der Waals surface area contributed by atoms with Crippen molar-refractivity contribution < 1.29 is 9.84 Å². The first-order valence-electron chi connectivity index (χ1n) is 5.25. The predicted molar refractivity (Wildman–Crippen MR) is 61.1 cm³/mol. The van der Waals surface area contributed by atoms with Gasteiger partial charge in [-0.1, -0.05) is 12.1 Å². The van der Waals surface area contributed by atoms with E-state index in [1.807, 2.05) is 38.1 Å². The van der Waals surface area contributed by atoms with Crippen LogP contribution in [0.4, 0.5) is 0 Å². The summed E-state index contributed by atoms with van der Waals surface area (Å²) in [4.78, 5) is 0. The van der Waals surface area contributed by atoms with Crippen LogP contribution in [0.3, 0.4) is 0 Å². The Kier molecular flexibility index (Phi) is 4.59. The first-order valence-corrected chi connectivity index (χ1v) is 5.25. The Labute approximate surface area is 90.9 Å². The Morgan fingerprint density at radius 3 is 2.27 bits per heavy atom. The minimum atomic E-state index is 0.0260. The lowest BCUT2D eigenvalue weighted by Crippen LogP contribution is -2.16. The lowest BCUT2D eigenvalue weighted by Gasteiger charge is -2.14. The Morgan fingerprint density at radius 1 is 1.27 bits per heavy atom. The standard InChI is InChI=1S/C12H19NO2/c1-9(2)15-12-5-3-10(4-6-12)11(7-13)8-14/h3-6,9,11,14H,7-8,13H2,1-2H3. The van der Waals surface area contributed by atoms with Crippen LogP contribution in [0.5, 0.6) is 5.75 Å². The molecular weight excluding hydrogens is 190 g/mol. The van der Waals surface area contributed by atoms with Crippen LogP contribution in [0.15, 0.2) is 24.3 Å². The van der Waals surface area contributed by atoms with E-state index in [0.29, 0.717) is 6.54 Å². The molecule has 0 saturated carbocycles. The number of hydrogen-bond acceptors (Lipinski definition) is 3. The molecule has 0 aliphatic heterocycles. The number of aliphatic hydroxyl groups excluding tert-OH is 1.